The molecule has 1 atom stereocenters. The van der Waals surface area contributed by atoms with Gasteiger partial charge in [-0.05, 0) is 31.5 Å². The van der Waals surface area contributed by atoms with E-state index in [0.29, 0.717) is 11.1 Å². The molecule has 0 saturated carbocycles. The number of nitrogens with zero attached hydrogens (tertiary/aromatic N) is 1. The highest BCUT2D eigenvalue weighted by molar-refractivity contribution is 6.22. The minimum atomic E-state index is -0.396. The number of rotatable bonds is 3. The van der Waals surface area contributed by atoms with Crippen LogP contribution >= 0.6 is 12.4 Å². The lowest BCUT2D eigenvalue weighted by atomic mass is 10.1. The van der Waals surface area contributed by atoms with Crippen LogP contribution in [0, 0.1) is 0 Å². The Morgan fingerprint density at radius 1 is 1.23 bits per heavy atom. The summed E-state index contributed by atoms with van der Waals surface area (Å²) < 4.78 is 0. The standard InChI is InChI=1S/C15H17N3O3.ClH/c19-13(17-10-4-3-7-16-8-10)9-18-14(20)11-5-1-2-6-12(11)15(18)21;/h1-2,5-6,10,16H,3-4,7-9H2,(H,17,19);1H. The molecule has 0 aliphatic carbocycles. The quantitative estimate of drug-likeness (QED) is 0.797. The topological polar surface area (TPSA) is 78.5 Å². The molecule has 1 saturated heterocycles. The van der Waals surface area contributed by atoms with E-state index in [2.05, 4.69) is 10.6 Å². The molecule has 3 rings (SSSR count). The van der Waals surface area contributed by atoms with Gasteiger partial charge in [0.05, 0.1) is 11.1 Å². The van der Waals surface area contributed by atoms with Gasteiger partial charge in [0.2, 0.25) is 5.91 Å². The second kappa shape index (κ2) is 6.89. The van der Waals surface area contributed by atoms with Gasteiger partial charge < -0.3 is 10.6 Å². The van der Waals surface area contributed by atoms with Crippen LogP contribution in [0.2, 0.25) is 0 Å². The minimum absolute atomic E-state index is 0. The van der Waals surface area contributed by atoms with Crippen LogP contribution in [0.5, 0.6) is 0 Å². The predicted molar refractivity (Wildman–Crippen MR) is 83.1 cm³/mol. The van der Waals surface area contributed by atoms with Crippen LogP contribution < -0.4 is 10.6 Å². The maximum Gasteiger partial charge on any atom is 0.262 e. The van der Waals surface area contributed by atoms with Crippen molar-refractivity contribution in [1.29, 1.82) is 0 Å². The van der Waals surface area contributed by atoms with E-state index >= 15 is 0 Å². The van der Waals surface area contributed by atoms with Crippen molar-refractivity contribution in [1.82, 2.24) is 15.5 Å². The molecule has 0 bridgehead atoms. The van der Waals surface area contributed by atoms with Crippen LogP contribution in [-0.4, -0.2) is 48.3 Å². The van der Waals surface area contributed by atoms with Crippen molar-refractivity contribution in [3.63, 3.8) is 0 Å². The van der Waals surface area contributed by atoms with Gasteiger partial charge in [-0.1, -0.05) is 12.1 Å². The Labute approximate surface area is 134 Å². The fourth-order valence-corrected chi connectivity index (χ4v) is 2.77. The molecule has 1 fully saturated rings. The summed E-state index contributed by atoms with van der Waals surface area (Å²) in [7, 11) is 0. The number of imide groups is 1. The molecule has 22 heavy (non-hydrogen) atoms. The third-order valence-corrected chi connectivity index (χ3v) is 3.84. The Kier molecular flexibility index (Phi) is 5.15. The first kappa shape index (κ1) is 16.5. The zero-order valence-electron chi connectivity index (χ0n) is 12.0. The largest absolute Gasteiger partial charge is 0.351 e. The maximum absolute atomic E-state index is 12.1. The lowest BCUT2D eigenvalue weighted by molar-refractivity contribution is -0.122. The zero-order chi connectivity index (χ0) is 14.8. The van der Waals surface area contributed by atoms with Gasteiger partial charge in [0.25, 0.3) is 11.8 Å². The van der Waals surface area contributed by atoms with Crippen LogP contribution in [0.4, 0.5) is 0 Å². The molecular formula is C15H18ClN3O3. The molecule has 7 heteroatoms. The smallest absolute Gasteiger partial charge is 0.262 e. The highest BCUT2D eigenvalue weighted by Gasteiger charge is 2.36. The van der Waals surface area contributed by atoms with Gasteiger partial charge in [-0.3, -0.25) is 19.3 Å². The fraction of sp³-hybridized carbons (Fsp3) is 0.400. The average molecular weight is 324 g/mol. The van der Waals surface area contributed by atoms with Crippen molar-refractivity contribution in [2.75, 3.05) is 19.6 Å². The molecule has 2 aliphatic rings. The van der Waals surface area contributed by atoms with Crippen molar-refractivity contribution < 1.29 is 14.4 Å². The number of fused-ring (bicyclic) bond motifs is 1. The summed E-state index contributed by atoms with van der Waals surface area (Å²) in [6, 6.07) is 6.71. The summed E-state index contributed by atoms with van der Waals surface area (Å²) >= 11 is 0. The Bertz CT molecular complexity index is 564. The third-order valence-electron chi connectivity index (χ3n) is 3.84. The summed E-state index contributed by atoms with van der Waals surface area (Å²) in [6.07, 6.45) is 1.93. The molecule has 0 spiro atoms. The fourth-order valence-electron chi connectivity index (χ4n) is 2.77. The molecule has 0 radical (unpaired) electrons. The van der Waals surface area contributed by atoms with Gasteiger partial charge in [0.15, 0.2) is 0 Å². The van der Waals surface area contributed by atoms with E-state index in [9.17, 15) is 14.4 Å². The van der Waals surface area contributed by atoms with Crippen molar-refractivity contribution >= 4 is 30.1 Å². The van der Waals surface area contributed by atoms with Crippen LogP contribution in [0.25, 0.3) is 0 Å². The molecule has 2 aliphatic heterocycles. The van der Waals surface area contributed by atoms with E-state index in [4.69, 9.17) is 0 Å². The second-order valence-electron chi connectivity index (χ2n) is 5.35. The van der Waals surface area contributed by atoms with Crippen LogP contribution in [-0.2, 0) is 4.79 Å². The lowest BCUT2D eigenvalue weighted by Crippen LogP contribution is -2.49. The van der Waals surface area contributed by atoms with Crippen LogP contribution in [0.1, 0.15) is 33.6 Å². The van der Waals surface area contributed by atoms with E-state index in [1.165, 1.54) is 0 Å². The van der Waals surface area contributed by atoms with Crippen molar-refractivity contribution in [3.05, 3.63) is 35.4 Å². The van der Waals surface area contributed by atoms with Gasteiger partial charge >= 0.3 is 0 Å². The van der Waals surface area contributed by atoms with E-state index < -0.39 is 11.8 Å². The molecule has 118 valence electrons. The first-order chi connectivity index (χ1) is 10.2. The Morgan fingerprint density at radius 2 is 1.86 bits per heavy atom. The van der Waals surface area contributed by atoms with E-state index in [0.717, 1.165) is 30.8 Å². The highest BCUT2D eigenvalue weighted by atomic mass is 35.5. The highest BCUT2D eigenvalue weighted by Crippen LogP contribution is 2.21. The summed E-state index contributed by atoms with van der Waals surface area (Å²) in [6.45, 7) is 1.47. The molecule has 6 nitrogen and oxygen atoms in total. The van der Waals surface area contributed by atoms with E-state index in [1.807, 2.05) is 0 Å². The average Bonchev–Trinajstić information content (AvgIpc) is 2.74. The Morgan fingerprint density at radius 3 is 2.41 bits per heavy atom. The molecule has 2 heterocycles. The summed E-state index contributed by atoms with van der Waals surface area (Å²) in [5.41, 5.74) is 0.740. The van der Waals surface area contributed by atoms with E-state index in [-0.39, 0.29) is 30.9 Å². The van der Waals surface area contributed by atoms with Crippen molar-refractivity contribution in [2.45, 2.75) is 18.9 Å². The Hall–Kier alpha value is -1.92. The second-order valence-corrected chi connectivity index (χ2v) is 5.35. The number of carbonyl (C=O) groups excluding carboxylic acids is 3. The number of nitrogens with one attached hydrogen (secondary N) is 2. The normalized spacial score (nSPS) is 20.4. The number of piperidine rings is 1. The SMILES string of the molecule is Cl.O=C(CN1C(=O)c2ccccc2C1=O)NC1CCCNC1. The summed E-state index contributed by atoms with van der Waals surface area (Å²) in [5, 5.41) is 6.07. The monoisotopic (exact) mass is 323 g/mol. The predicted octanol–water partition coefficient (Wildman–Crippen LogP) is 0.573. The minimum Gasteiger partial charge on any atom is -0.351 e. The lowest BCUT2D eigenvalue weighted by Gasteiger charge is -2.24. The number of hydrogen-bond donors (Lipinski definition) is 2. The third kappa shape index (κ3) is 3.13. The molecule has 1 aromatic rings. The zero-order valence-corrected chi connectivity index (χ0v) is 12.8. The first-order valence-corrected chi connectivity index (χ1v) is 7.12. The molecule has 1 unspecified atom stereocenters. The maximum atomic E-state index is 12.1. The summed E-state index contributed by atoms with van der Waals surface area (Å²) in [5.74, 6) is -1.08. The van der Waals surface area contributed by atoms with Gasteiger partial charge in [-0.15, -0.1) is 12.4 Å². The number of benzene rings is 1. The Balaban J connectivity index is 0.00000176. The molecule has 2 N–H and O–H groups in total. The van der Waals surface area contributed by atoms with Crippen LogP contribution in [0.3, 0.4) is 0 Å². The number of amides is 3. The number of carbonyl (C=O) groups is 3. The molecule has 0 aromatic heterocycles. The van der Waals surface area contributed by atoms with Crippen molar-refractivity contribution in [3.8, 4) is 0 Å². The van der Waals surface area contributed by atoms with Gasteiger partial charge in [0, 0.05) is 12.6 Å². The van der Waals surface area contributed by atoms with Gasteiger partial charge in [0.1, 0.15) is 6.54 Å². The van der Waals surface area contributed by atoms with E-state index in [1.54, 1.807) is 24.3 Å². The number of halogens is 1. The number of hydrogen-bond acceptors (Lipinski definition) is 4. The first-order valence-electron chi connectivity index (χ1n) is 7.12. The molecule has 1 aromatic carbocycles. The molecule has 3 amide bonds. The van der Waals surface area contributed by atoms with Crippen LogP contribution in [0.15, 0.2) is 24.3 Å². The van der Waals surface area contributed by atoms with Crippen molar-refractivity contribution in [2.24, 2.45) is 0 Å². The van der Waals surface area contributed by atoms with Gasteiger partial charge in [-0.25, -0.2) is 0 Å². The molecular weight excluding hydrogens is 306 g/mol. The van der Waals surface area contributed by atoms with Gasteiger partial charge in [-0.2, -0.15) is 0 Å². The summed E-state index contributed by atoms with van der Waals surface area (Å²) in [4.78, 5) is 37.3.